The van der Waals surface area contributed by atoms with Crippen LogP contribution in [0.4, 0.5) is 0 Å². The molecule has 4 nitrogen and oxygen atoms in total. The molecule has 0 saturated heterocycles. The number of nitrogens with one attached hydrogen (secondary N) is 1. The van der Waals surface area contributed by atoms with Crippen molar-refractivity contribution >= 4 is 17.2 Å². The van der Waals surface area contributed by atoms with E-state index >= 15 is 0 Å². The highest BCUT2D eigenvalue weighted by Gasteiger charge is 2.13. The van der Waals surface area contributed by atoms with Crippen molar-refractivity contribution in [1.29, 1.82) is 0 Å². The minimum absolute atomic E-state index is 0.0334. The summed E-state index contributed by atoms with van der Waals surface area (Å²) in [6.07, 6.45) is 0. The van der Waals surface area contributed by atoms with E-state index in [4.69, 9.17) is 4.74 Å². The van der Waals surface area contributed by atoms with E-state index in [2.05, 4.69) is 5.32 Å². The van der Waals surface area contributed by atoms with Gasteiger partial charge in [0.05, 0.1) is 13.7 Å². The van der Waals surface area contributed by atoms with Gasteiger partial charge >= 0.3 is 0 Å². The minimum Gasteiger partial charge on any atom is -0.495 e. The Morgan fingerprint density at radius 2 is 2.05 bits per heavy atom. The lowest BCUT2D eigenvalue weighted by molar-refractivity contribution is 0.0952. The Kier molecular flexibility index (Phi) is 4.54. The maximum atomic E-state index is 12.0. The Hall–Kier alpha value is -1.85. The lowest BCUT2D eigenvalue weighted by atomic mass is 10.1. The van der Waals surface area contributed by atoms with Crippen molar-refractivity contribution < 1.29 is 14.6 Å². The lowest BCUT2D eigenvalue weighted by Crippen LogP contribution is -2.23. The fraction of sp³-hybridized carbons (Fsp3) is 0.214. The number of aliphatic hydroxyl groups is 1. The maximum absolute atomic E-state index is 12.0. The van der Waals surface area contributed by atoms with Crippen molar-refractivity contribution in [2.24, 2.45) is 0 Å². The van der Waals surface area contributed by atoms with Crippen molar-refractivity contribution in [1.82, 2.24) is 5.32 Å². The van der Waals surface area contributed by atoms with Gasteiger partial charge in [0.2, 0.25) is 0 Å². The van der Waals surface area contributed by atoms with Crippen molar-refractivity contribution in [2.75, 3.05) is 7.11 Å². The molecule has 100 valence electrons. The zero-order valence-corrected chi connectivity index (χ0v) is 11.4. The van der Waals surface area contributed by atoms with E-state index in [-0.39, 0.29) is 12.5 Å². The number of thiophene rings is 1. The number of ether oxygens (including phenoxy) is 1. The molecule has 2 aromatic rings. The second kappa shape index (κ2) is 6.36. The molecule has 2 rings (SSSR count). The molecule has 0 unspecified atom stereocenters. The van der Waals surface area contributed by atoms with Crippen molar-refractivity contribution in [3.05, 3.63) is 51.7 Å². The largest absolute Gasteiger partial charge is 0.495 e. The molecule has 1 amide bonds. The smallest absolute Gasteiger partial charge is 0.265 e. The van der Waals surface area contributed by atoms with Gasteiger partial charge in [-0.25, -0.2) is 0 Å². The first-order valence-electron chi connectivity index (χ1n) is 5.83. The number of rotatable bonds is 5. The standard InChI is InChI=1S/C14H15NO3S/c1-18-12-6-7-19-13(12)14(17)15-8-10-4-2-3-5-11(10)9-16/h2-7,16H,8-9H2,1H3,(H,15,17). The van der Waals surface area contributed by atoms with Crippen LogP contribution in [0.2, 0.25) is 0 Å². The Labute approximate surface area is 115 Å². The second-order valence-corrected chi connectivity index (χ2v) is 4.84. The molecule has 5 heteroatoms. The molecule has 0 aliphatic heterocycles. The summed E-state index contributed by atoms with van der Waals surface area (Å²) in [6, 6.07) is 9.23. The van der Waals surface area contributed by atoms with Gasteiger partial charge in [-0.2, -0.15) is 0 Å². The predicted octanol–water partition coefficient (Wildman–Crippen LogP) is 2.18. The first kappa shape index (κ1) is 13.6. The Morgan fingerprint density at radius 3 is 2.74 bits per heavy atom. The second-order valence-electron chi connectivity index (χ2n) is 3.93. The van der Waals surface area contributed by atoms with Crippen LogP contribution < -0.4 is 10.1 Å². The predicted molar refractivity (Wildman–Crippen MR) is 74.4 cm³/mol. The van der Waals surface area contributed by atoms with Crippen molar-refractivity contribution in [3.8, 4) is 5.75 Å². The number of amides is 1. The summed E-state index contributed by atoms with van der Waals surface area (Å²) in [6.45, 7) is 0.352. The van der Waals surface area contributed by atoms with Crippen molar-refractivity contribution in [2.45, 2.75) is 13.2 Å². The van der Waals surface area contributed by atoms with Crippen LogP contribution in [0.25, 0.3) is 0 Å². The highest BCUT2D eigenvalue weighted by molar-refractivity contribution is 7.12. The number of carbonyl (C=O) groups excluding carboxylic acids is 1. The fourth-order valence-corrected chi connectivity index (χ4v) is 2.54. The van der Waals surface area contributed by atoms with Crippen LogP contribution in [-0.4, -0.2) is 18.1 Å². The summed E-state index contributed by atoms with van der Waals surface area (Å²) in [7, 11) is 1.54. The summed E-state index contributed by atoms with van der Waals surface area (Å²) >= 11 is 1.34. The molecule has 0 radical (unpaired) electrons. The van der Waals surface area contributed by atoms with Gasteiger partial charge in [0.1, 0.15) is 10.6 Å². The fourth-order valence-electron chi connectivity index (χ4n) is 1.76. The number of carbonyl (C=O) groups is 1. The third kappa shape index (κ3) is 3.13. The van der Waals surface area contributed by atoms with Gasteiger partial charge in [-0.05, 0) is 22.6 Å². The minimum atomic E-state index is -0.167. The average Bonchev–Trinajstić information content (AvgIpc) is 2.93. The highest BCUT2D eigenvalue weighted by atomic mass is 32.1. The number of hydrogen-bond acceptors (Lipinski definition) is 4. The zero-order chi connectivity index (χ0) is 13.7. The monoisotopic (exact) mass is 277 g/mol. The summed E-state index contributed by atoms with van der Waals surface area (Å²) in [5.41, 5.74) is 1.73. The molecule has 0 spiro atoms. The van der Waals surface area contributed by atoms with E-state index < -0.39 is 0 Å². The van der Waals surface area contributed by atoms with Gasteiger partial charge in [-0.3, -0.25) is 4.79 Å². The average molecular weight is 277 g/mol. The number of aliphatic hydroxyl groups excluding tert-OH is 1. The van der Waals surface area contributed by atoms with Gasteiger partial charge in [-0.15, -0.1) is 11.3 Å². The normalized spacial score (nSPS) is 10.2. The molecule has 19 heavy (non-hydrogen) atoms. The molecule has 1 heterocycles. The van der Waals surface area contributed by atoms with E-state index in [1.165, 1.54) is 11.3 Å². The van der Waals surface area contributed by atoms with E-state index in [1.54, 1.807) is 13.2 Å². The number of methoxy groups -OCH3 is 1. The number of hydrogen-bond donors (Lipinski definition) is 2. The molecular weight excluding hydrogens is 262 g/mol. The van der Waals surface area contributed by atoms with Crippen LogP contribution in [0.5, 0.6) is 5.75 Å². The number of benzene rings is 1. The molecule has 0 atom stereocenters. The molecule has 2 N–H and O–H groups in total. The Morgan fingerprint density at radius 1 is 1.32 bits per heavy atom. The zero-order valence-electron chi connectivity index (χ0n) is 10.6. The van der Waals surface area contributed by atoms with E-state index in [0.29, 0.717) is 17.2 Å². The molecular formula is C14H15NO3S. The summed E-state index contributed by atoms with van der Waals surface area (Å²) in [5.74, 6) is 0.414. The molecule has 1 aromatic heterocycles. The lowest BCUT2D eigenvalue weighted by Gasteiger charge is -2.09. The molecule has 1 aromatic carbocycles. The van der Waals surface area contributed by atoms with E-state index in [0.717, 1.165) is 11.1 Å². The maximum Gasteiger partial charge on any atom is 0.265 e. The third-order valence-electron chi connectivity index (χ3n) is 2.78. The van der Waals surface area contributed by atoms with Gasteiger partial charge in [0, 0.05) is 6.54 Å². The van der Waals surface area contributed by atoms with Crippen molar-refractivity contribution in [3.63, 3.8) is 0 Å². The highest BCUT2D eigenvalue weighted by Crippen LogP contribution is 2.24. The summed E-state index contributed by atoms with van der Waals surface area (Å²) in [4.78, 5) is 12.6. The Bertz CT molecular complexity index is 565. The molecule has 0 aliphatic carbocycles. The SMILES string of the molecule is COc1ccsc1C(=O)NCc1ccccc1CO. The van der Waals surface area contributed by atoms with Crippen LogP contribution in [0, 0.1) is 0 Å². The molecule has 0 saturated carbocycles. The quantitative estimate of drug-likeness (QED) is 0.880. The molecule has 0 fully saturated rings. The van der Waals surface area contributed by atoms with Crippen LogP contribution in [0.15, 0.2) is 35.7 Å². The van der Waals surface area contributed by atoms with Gasteiger partial charge in [0.15, 0.2) is 0 Å². The van der Waals surface area contributed by atoms with Gasteiger partial charge < -0.3 is 15.2 Å². The van der Waals surface area contributed by atoms with Crippen LogP contribution in [0.3, 0.4) is 0 Å². The molecule has 0 aliphatic rings. The topological polar surface area (TPSA) is 58.6 Å². The van der Waals surface area contributed by atoms with Gasteiger partial charge in [-0.1, -0.05) is 24.3 Å². The van der Waals surface area contributed by atoms with Crippen LogP contribution >= 0.6 is 11.3 Å². The Balaban J connectivity index is 2.04. The summed E-state index contributed by atoms with van der Waals surface area (Å²) < 4.78 is 5.11. The molecule has 0 bridgehead atoms. The van der Waals surface area contributed by atoms with Crippen LogP contribution in [-0.2, 0) is 13.2 Å². The van der Waals surface area contributed by atoms with Gasteiger partial charge in [0.25, 0.3) is 5.91 Å². The van der Waals surface area contributed by atoms with Crippen LogP contribution in [0.1, 0.15) is 20.8 Å². The summed E-state index contributed by atoms with van der Waals surface area (Å²) in [5, 5.41) is 13.9. The third-order valence-corrected chi connectivity index (χ3v) is 3.68. The van der Waals surface area contributed by atoms with E-state index in [9.17, 15) is 9.90 Å². The van der Waals surface area contributed by atoms with E-state index in [1.807, 2.05) is 29.6 Å². The first-order valence-corrected chi connectivity index (χ1v) is 6.71. The first-order chi connectivity index (χ1) is 9.26.